The van der Waals surface area contributed by atoms with Gasteiger partial charge in [0, 0.05) is 29.0 Å². The van der Waals surface area contributed by atoms with Gasteiger partial charge in [-0.15, -0.1) is 0 Å². The molecule has 1 amide bonds. The van der Waals surface area contributed by atoms with Crippen LogP contribution in [0.25, 0.3) is 0 Å². The summed E-state index contributed by atoms with van der Waals surface area (Å²) in [6.07, 6.45) is 0. The number of halogens is 1. The topological polar surface area (TPSA) is 38.8 Å². The van der Waals surface area contributed by atoms with Crippen LogP contribution >= 0.6 is 15.9 Å². The van der Waals surface area contributed by atoms with Crippen molar-refractivity contribution in [3.05, 3.63) is 18.2 Å². The van der Waals surface area contributed by atoms with E-state index in [2.05, 4.69) is 15.9 Å². The SMILES string of the molecule is COc1ccc(N(C)C(=O)Br)c(OC)c1. The van der Waals surface area contributed by atoms with Gasteiger partial charge in [-0.1, -0.05) is 0 Å². The van der Waals surface area contributed by atoms with Crippen molar-refractivity contribution in [1.82, 2.24) is 0 Å². The Morgan fingerprint density at radius 3 is 2.47 bits per heavy atom. The molecule has 0 aliphatic heterocycles. The van der Waals surface area contributed by atoms with Crippen molar-refractivity contribution in [2.24, 2.45) is 0 Å². The number of ether oxygens (including phenoxy) is 2. The molecule has 0 aliphatic carbocycles. The van der Waals surface area contributed by atoms with Crippen LogP contribution in [0.3, 0.4) is 0 Å². The minimum absolute atomic E-state index is 0.231. The molecule has 0 saturated heterocycles. The van der Waals surface area contributed by atoms with E-state index in [0.29, 0.717) is 17.2 Å². The third-order valence-corrected chi connectivity index (χ3v) is 2.54. The monoisotopic (exact) mass is 273 g/mol. The van der Waals surface area contributed by atoms with E-state index in [4.69, 9.17) is 9.47 Å². The van der Waals surface area contributed by atoms with E-state index in [0.717, 1.165) is 0 Å². The first-order valence-corrected chi connectivity index (χ1v) is 5.04. The Morgan fingerprint density at radius 1 is 1.33 bits per heavy atom. The second kappa shape index (κ2) is 5.02. The number of carbonyl (C=O) groups excluding carboxylic acids is 1. The lowest BCUT2D eigenvalue weighted by Crippen LogP contribution is -2.19. The van der Waals surface area contributed by atoms with Crippen LogP contribution in [0.2, 0.25) is 0 Å². The first-order valence-electron chi connectivity index (χ1n) is 4.25. The summed E-state index contributed by atoms with van der Waals surface area (Å²) in [6, 6.07) is 5.25. The molecule has 0 heterocycles. The third-order valence-electron chi connectivity index (χ3n) is 2.01. The molecule has 0 aromatic heterocycles. The zero-order valence-electron chi connectivity index (χ0n) is 8.78. The molecule has 0 atom stereocenters. The molecule has 1 aromatic rings. The Bertz CT molecular complexity index is 368. The van der Waals surface area contributed by atoms with Crippen LogP contribution in [-0.4, -0.2) is 26.1 Å². The summed E-state index contributed by atoms with van der Waals surface area (Å²) in [5.41, 5.74) is 0.681. The minimum Gasteiger partial charge on any atom is -0.497 e. The molecule has 1 aromatic carbocycles. The van der Waals surface area contributed by atoms with Crippen LogP contribution in [0, 0.1) is 0 Å². The predicted octanol–water partition coefficient (Wildman–Crippen LogP) is 2.65. The molecule has 5 heteroatoms. The van der Waals surface area contributed by atoms with Crippen LogP contribution in [0.4, 0.5) is 10.5 Å². The fourth-order valence-electron chi connectivity index (χ4n) is 1.16. The van der Waals surface area contributed by atoms with Crippen molar-refractivity contribution < 1.29 is 14.3 Å². The van der Waals surface area contributed by atoms with Gasteiger partial charge in [0.1, 0.15) is 11.5 Å². The minimum atomic E-state index is -0.231. The molecular weight excluding hydrogens is 262 g/mol. The van der Waals surface area contributed by atoms with Crippen molar-refractivity contribution in [3.8, 4) is 11.5 Å². The van der Waals surface area contributed by atoms with Gasteiger partial charge in [-0.2, -0.15) is 0 Å². The molecule has 82 valence electrons. The number of methoxy groups -OCH3 is 2. The van der Waals surface area contributed by atoms with Crippen molar-refractivity contribution in [3.63, 3.8) is 0 Å². The van der Waals surface area contributed by atoms with E-state index in [9.17, 15) is 4.79 Å². The maximum atomic E-state index is 11.1. The molecule has 0 fully saturated rings. The van der Waals surface area contributed by atoms with Gasteiger partial charge >= 0.3 is 0 Å². The number of anilines is 1. The fourth-order valence-corrected chi connectivity index (χ4v) is 1.35. The second-order valence-electron chi connectivity index (χ2n) is 2.85. The normalized spacial score (nSPS) is 9.60. The second-order valence-corrected chi connectivity index (χ2v) is 3.53. The van der Waals surface area contributed by atoms with E-state index < -0.39 is 0 Å². The molecule has 0 bridgehead atoms. The van der Waals surface area contributed by atoms with Gasteiger partial charge in [-0.05, 0) is 12.1 Å². The molecule has 0 N–H and O–H groups in total. The third kappa shape index (κ3) is 2.62. The van der Waals surface area contributed by atoms with E-state index >= 15 is 0 Å². The highest BCUT2D eigenvalue weighted by Crippen LogP contribution is 2.32. The van der Waals surface area contributed by atoms with Gasteiger partial charge in [-0.3, -0.25) is 4.79 Å². The Labute approximate surface area is 96.9 Å². The lowest BCUT2D eigenvalue weighted by Gasteiger charge is -2.17. The van der Waals surface area contributed by atoms with E-state index in [1.807, 2.05) is 0 Å². The van der Waals surface area contributed by atoms with Crippen LogP contribution in [-0.2, 0) is 0 Å². The van der Waals surface area contributed by atoms with Crippen molar-refractivity contribution in [2.75, 3.05) is 26.2 Å². The standard InChI is InChI=1S/C10H12BrNO3/c1-12(10(11)13)8-5-4-7(14-2)6-9(8)15-3/h4-6H,1-3H3. The summed E-state index contributed by atoms with van der Waals surface area (Å²) in [4.78, 5) is 12.3. The van der Waals surface area contributed by atoms with Gasteiger partial charge in [0.25, 0.3) is 4.82 Å². The Hall–Kier alpha value is -1.23. The average Bonchev–Trinajstić information content (AvgIpc) is 2.27. The summed E-state index contributed by atoms with van der Waals surface area (Å²) in [5.74, 6) is 1.27. The quantitative estimate of drug-likeness (QED) is 0.628. The largest absolute Gasteiger partial charge is 0.497 e. The number of benzene rings is 1. The van der Waals surface area contributed by atoms with Gasteiger partial charge < -0.3 is 14.4 Å². The number of amides is 1. The first-order chi connectivity index (χ1) is 7.10. The number of hydrogen-bond acceptors (Lipinski definition) is 3. The van der Waals surface area contributed by atoms with E-state index in [1.165, 1.54) is 4.90 Å². The fraction of sp³-hybridized carbons (Fsp3) is 0.300. The van der Waals surface area contributed by atoms with Gasteiger partial charge in [0.15, 0.2) is 0 Å². The van der Waals surface area contributed by atoms with E-state index in [-0.39, 0.29) is 4.82 Å². The summed E-state index contributed by atoms with van der Waals surface area (Å²) in [6.45, 7) is 0. The van der Waals surface area contributed by atoms with Gasteiger partial charge in [0.05, 0.1) is 19.9 Å². The average molecular weight is 274 g/mol. The molecule has 0 spiro atoms. The molecule has 0 unspecified atom stereocenters. The number of carbonyl (C=O) groups is 1. The molecule has 0 saturated carbocycles. The van der Waals surface area contributed by atoms with Crippen molar-refractivity contribution in [1.29, 1.82) is 0 Å². The Kier molecular flexibility index (Phi) is 3.96. The highest BCUT2D eigenvalue weighted by atomic mass is 79.9. The summed E-state index contributed by atoms with van der Waals surface area (Å²) in [7, 11) is 4.78. The smallest absolute Gasteiger partial charge is 0.293 e. The Morgan fingerprint density at radius 2 is 2.00 bits per heavy atom. The van der Waals surface area contributed by atoms with Gasteiger partial charge in [-0.25, -0.2) is 0 Å². The summed E-state index contributed by atoms with van der Waals surface area (Å²) >= 11 is 2.88. The number of hydrogen-bond donors (Lipinski definition) is 0. The molecule has 0 radical (unpaired) electrons. The van der Waals surface area contributed by atoms with Crippen molar-refractivity contribution >= 4 is 26.4 Å². The molecular formula is C10H12BrNO3. The summed E-state index contributed by atoms with van der Waals surface area (Å²) < 4.78 is 10.2. The highest BCUT2D eigenvalue weighted by Gasteiger charge is 2.13. The van der Waals surface area contributed by atoms with E-state index in [1.54, 1.807) is 39.5 Å². The number of nitrogens with zero attached hydrogens (tertiary/aromatic N) is 1. The van der Waals surface area contributed by atoms with Crippen LogP contribution < -0.4 is 14.4 Å². The summed E-state index contributed by atoms with van der Waals surface area (Å²) in [5, 5.41) is 0. The maximum absolute atomic E-state index is 11.1. The zero-order valence-corrected chi connectivity index (χ0v) is 10.4. The molecule has 1 rings (SSSR count). The highest BCUT2D eigenvalue weighted by molar-refractivity contribution is 9.18. The Balaban J connectivity index is 3.12. The van der Waals surface area contributed by atoms with Crippen LogP contribution in [0.1, 0.15) is 0 Å². The van der Waals surface area contributed by atoms with Gasteiger partial charge in [0.2, 0.25) is 0 Å². The lowest BCUT2D eigenvalue weighted by molar-refractivity contribution is 0.266. The van der Waals surface area contributed by atoms with Crippen LogP contribution in [0.15, 0.2) is 18.2 Å². The zero-order chi connectivity index (χ0) is 11.4. The van der Waals surface area contributed by atoms with Crippen LogP contribution in [0.5, 0.6) is 11.5 Å². The predicted molar refractivity (Wildman–Crippen MR) is 62.3 cm³/mol. The molecule has 0 aliphatic rings. The lowest BCUT2D eigenvalue weighted by atomic mass is 10.2. The molecule has 15 heavy (non-hydrogen) atoms. The first kappa shape index (κ1) is 11.8. The number of rotatable bonds is 3. The molecule has 4 nitrogen and oxygen atoms in total. The maximum Gasteiger partial charge on any atom is 0.293 e. The van der Waals surface area contributed by atoms with Crippen molar-refractivity contribution in [2.45, 2.75) is 0 Å².